The molecule has 0 aromatic heterocycles. The average molecular weight is 389 g/mol. The summed E-state index contributed by atoms with van der Waals surface area (Å²) in [6.45, 7) is 5.25. The van der Waals surface area contributed by atoms with E-state index in [1.165, 1.54) is 44.1 Å². The third kappa shape index (κ3) is 10.0. The predicted molar refractivity (Wildman–Crippen MR) is 125 cm³/mol. The van der Waals surface area contributed by atoms with E-state index in [2.05, 4.69) is 62.1 Å². The number of rotatable bonds is 12. The van der Waals surface area contributed by atoms with Crippen LogP contribution in [0, 0.1) is 11.8 Å². The predicted octanol–water partition coefficient (Wildman–Crippen LogP) is 7.72. The van der Waals surface area contributed by atoms with E-state index in [0.717, 1.165) is 42.7 Å². The largest absolute Gasteiger partial charge is 0.494 e. The molecule has 0 saturated carbocycles. The van der Waals surface area contributed by atoms with Crippen molar-refractivity contribution in [3.63, 3.8) is 0 Å². The second-order valence-corrected chi connectivity index (χ2v) is 7.53. The Bertz CT molecular complexity index is 757. The van der Waals surface area contributed by atoms with E-state index in [1.807, 2.05) is 24.3 Å². The Balaban J connectivity index is 1.76. The van der Waals surface area contributed by atoms with Crippen LogP contribution in [0.15, 0.2) is 60.7 Å². The van der Waals surface area contributed by atoms with Gasteiger partial charge in [0.2, 0.25) is 0 Å². The number of allylic oxidation sites excluding steroid dienone is 2. The van der Waals surface area contributed by atoms with Crippen LogP contribution in [0.25, 0.3) is 0 Å². The summed E-state index contributed by atoms with van der Waals surface area (Å²) in [7, 11) is 0. The van der Waals surface area contributed by atoms with Crippen molar-refractivity contribution in [3.8, 4) is 17.6 Å². The van der Waals surface area contributed by atoms with Crippen LogP contribution in [-0.2, 0) is 6.42 Å². The Morgan fingerprint density at radius 1 is 0.690 bits per heavy atom. The van der Waals surface area contributed by atoms with E-state index in [0.29, 0.717) is 0 Å². The average Bonchev–Trinajstić information content (AvgIpc) is 2.76. The lowest BCUT2D eigenvalue weighted by Gasteiger charge is -2.05. The van der Waals surface area contributed by atoms with Crippen molar-refractivity contribution in [3.05, 3.63) is 77.4 Å². The molecule has 2 aromatic carbocycles. The number of hydrogen-bond acceptors (Lipinski definition) is 1. The second kappa shape index (κ2) is 14.5. The molecule has 0 aliphatic carbocycles. The molecular formula is C28H36O. The monoisotopic (exact) mass is 388 g/mol. The van der Waals surface area contributed by atoms with Gasteiger partial charge in [0.05, 0.1) is 6.61 Å². The maximum Gasteiger partial charge on any atom is 0.119 e. The lowest BCUT2D eigenvalue weighted by atomic mass is 10.1. The SMILES string of the molecule is CCCC=CCCc1ccc(C#Cc2ccc(OCCCCCCC)cc2)cc1. The van der Waals surface area contributed by atoms with Crippen molar-refractivity contribution in [2.45, 2.75) is 71.6 Å². The van der Waals surface area contributed by atoms with E-state index >= 15 is 0 Å². The van der Waals surface area contributed by atoms with Gasteiger partial charge in [-0.2, -0.15) is 0 Å². The molecular weight excluding hydrogens is 352 g/mol. The van der Waals surface area contributed by atoms with Crippen LogP contribution >= 0.6 is 0 Å². The van der Waals surface area contributed by atoms with Gasteiger partial charge in [0.25, 0.3) is 0 Å². The number of unbranched alkanes of at least 4 members (excludes halogenated alkanes) is 5. The van der Waals surface area contributed by atoms with Crippen LogP contribution in [0.5, 0.6) is 5.75 Å². The molecule has 0 aliphatic heterocycles. The normalized spacial score (nSPS) is 10.7. The van der Waals surface area contributed by atoms with Crippen molar-refractivity contribution in [1.82, 2.24) is 0 Å². The third-order valence-corrected chi connectivity index (χ3v) is 4.90. The fourth-order valence-electron chi connectivity index (χ4n) is 3.08. The zero-order valence-electron chi connectivity index (χ0n) is 18.3. The van der Waals surface area contributed by atoms with Gasteiger partial charge >= 0.3 is 0 Å². The zero-order valence-corrected chi connectivity index (χ0v) is 18.3. The second-order valence-electron chi connectivity index (χ2n) is 7.53. The molecule has 0 spiro atoms. The maximum atomic E-state index is 5.82. The van der Waals surface area contributed by atoms with E-state index in [-0.39, 0.29) is 0 Å². The van der Waals surface area contributed by atoms with Gasteiger partial charge in [-0.15, -0.1) is 0 Å². The number of benzene rings is 2. The molecule has 0 unspecified atom stereocenters. The van der Waals surface area contributed by atoms with Gasteiger partial charge in [0, 0.05) is 11.1 Å². The van der Waals surface area contributed by atoms with Crippen molar-refractivity contribution in [2.24, 2.45) is 0 Å². The maximum absolute atomic E-state index is 5.82. The highest BCUT2D eigenvalue weighted by Crippen LogP contribution is 2.13. The summed E-state index contributed by atoms with van der Waals surface area (Å²) in [5.41, 5.74) is 3.45. The van der Waals surface area contributed by atoms with E-state index in [9.17, 15) is 0 Å². The molecule has 0 atom stereocenters. The minimum absolute atomic E-state index is 0.801. The molecule has 0 heterocycles. The van der Waals surface area contributed by atoms with Gasteiger partial charge in [-0.1, -0.05) is 82.1 Å². The first kappa shape index (κ1) is 22.8. The van der Waals surface area contributed by atoms with Gasteiger partial charge in [-0.05, 0) is 67.6 Å². The molecule has 0 N–H and O–H groups in total. The summed E-state index contributed by atoms with van der Waals surface area (Å²) in [5, 5.41) is 0. The summed E-state index contributed by atoms with van der Waals surface area (Å²) in [5.74, 6) is 7.44. The summed E-state index contributed by atoms with van der Waals surface area (Å²) in [6, 6.07) is 16.7. The Labute approximate surface area is 178 Å². The Morgan fingerprint density at radius 2 is 1.31 bits per heavy atom. The topological polar surface area (TPSA) is 9.23 Å². The quantitative estimate of drug-likeness (QED) is 0.205. The van der Waals surface area contributed by atoms with Crippen molar-refractivity contribution >= 4 is 0 Å². The molecule has 0 radical (unpaired) electrons. The molecule has 0 amide bonds. The van der Waals surface area contributed by atoms with Crippen molar-refractivity contribution in [2.75, 3.05) is 6.61 Å². The van der Waals surface area contributed by atoms with E-state index < -0.39 is 0 Å². The smallest absolute Gasteiger partial charge is 0.119 e. The molecule has 2 aromatic rings. The standard InChI is InChI=1S/C28H36O/c1-3-5-7-9-11-13-25-14-16-26(17-15-25)18-19-27-20-22-28(23-21-27)29-24-12-10-8-6-4-2/h7,9,14-17,20-23H,3-6,8,10-13,24H2,1-2H3. The summed E-state index contributed by atoms with van der Waals surface area (Å²) in [6.07, 6.45) is 15.5. The zero-order chi connectivity index (χ0) is 20.6. The lowest BCUT2D eigenvalue weighted by Crippen LogP contribution is -1.97. The van der Waals surface area contributed by atoms with Crippen molar-refractivity contribution < 1.29 is 4.74 Å². The number of ether oxygens (including phenoxy) is 1. The van der Waals surface area contributed by atoms with Crippen LogP contribution in [0.4, 0.5) is 0 Å². The molecule has 1 heteroatoms. The highest BCUT2D eigenvalue weighted by molar-refractivity contribution is 5.44. The molecule has 0 bridgehead atoms. The molecule has 154 valence electrons. The van der Waals surface area contributed by atoms with Crippen LogP contribution in [0.2, 0.25) is 0 Å². The van der Waals surface area contributed by atoms with Gasteiger partial charge in [-0.25, -0.2) is 0 Å². The highest BCUT2D eigenvalue weighted by Gasteiger charge is 1.96. The fourth-order valence-corrected chi connectivity index (χ4v) is 3.08. The molecule has 0 saturated heterocycles. The van der Waals surface area contributed by atoms with E-state index in [4.69, 9.17) is 4.74 Å². The minimum atomic E-state index is 0.801. The van der Waals surface area contributed by atoms with Gasteiger partial charge in [-0.3, -0.25) is 0 Å². The summed E-state index contributed by atoms with van der Waals surface area (Å²) >= 11 is 0. The Kier molecular flexibility index (Phi) is 11.4. The molecule has 0 fully saturated rings. The molecule has 29 heavy (non-hydrogen) atoms. The summed E-state index contributed by atoms with van der Waals surface area (Å²) in [4.78, 5) is 0. The van der Waals surface area contributed by atoms with Gasteiger partial charge in [0.15, 0.2) is 0 Å². The molecule has 2 rings (SSSR count). The first-order chi connectivity index (χ1) is 14.3. The third-order valence-electron chi connectivity index (χ3n) is 4.90. The molecule has 0 aliphatic rings. The van der Waals surface area contributed by atoms with E-state index in [1.54, 1.807) is 0 Å². The Morgan fingerprint density at radius 3 is 1.97 bits per heavy atom. The minimum Gasteiger partial charge on any atom is -0.494 e. The van der Waals surface area contributed by atoms with Crippen LogP contribution in [0.3, 0.4) is 0 Å². The van der Waals surface area contributed by atoms with Crippen LogP contribution in [-0.4, -0.2) is 6.61 Å². The Hall–Kier alpha value is -2.46. The lowest BCUT2D eigenvalue weighted by molar-refractivity contribution is 0.304. The van der Waals surface area contributed by atoms with Crippen LogP contribution < -0.4 is 4.74 Å². The molecule has 1 nitrogen and oxygen atoms in total. The first-order valence-electron chi connectivity index (χ1n) is 11.3. The van der Waals surface area contributed by atoms with Crippen molar-refractivity contribution in [1.29, 1.82) is 0 Å². The summed E-state index contributed by atoms with van der Waals surface area (Å²) < 4.78 is 5.82. The van der Waals surface area contributed by atoms with Gasteiger partial charge in [0.1, 0.15) is 5.75 Å². The fraction of sp³-hybridized carbons (Fsp3) is 0.429. The van der Waals surface area contributed by atoms with Gasteiger partial charge < -0.3 is 4.74 Å². The first-order valence-corrected chi connectivity index (χ1v) is 11.3. The van der Waals surface area contributed by atoms with Crippen LogP contribution in [0.1, 0.15) is 81.9 Å². The number of hydrogen-bond donors (Lipinski definition) is 0. The number of aryl methyl sites for hydroxylation is 1. The highest BCUT2D eigenvalue weighted by atomic mass is 16.5.